The minimum absolute atomic E-state index is 0.0888. The number of piperidine rings is 1. The number of H-pyrrole nitrogens is 2. The predicted molar refractivity (Wildman–Crippen MR) is 100 cm³/mol. The maximum atomic E-state index is 11.9. The molecular formula is C19H30N6O. The van der Waals surface area contributed by atoms with Crippen molar-refractivity contribution in [3.8, 4) is 0 Å². The van der Waals surface area contributed by atoms with Crippen LogP contribution in [-0.2, 0) is 13.1 Å². The van der Waals surface area contributed by atoms with Crippen LogP contribution in [0.5, 0.6) is 0 Å². The first kappa shape index (κ1) is 17.5. The van der Waals surface area contributed by atoms with Crippen molar-refractivity contribution in [2.75, 3.05) is 13.1 Å². The number of hydrogen-bond acceptors (Lipinski definition) is 4. The molecule has 0 spiro atoms. The van der Waals surface area contributed by atoms with Gasteiger partial charge in [0.15, 0.2) is 0 Å². The fourth-order valence-electron chi connectivity index (χ4n) is 4.79. The van der Waals surface area contributed by atoms with Gasteiger partial charge >= 0.3 is 5.69 Å². The number of nitrogens with one attached hydrogen (secondary N) is 2. The lowest BCUT2D eigenvalue weighted by atomic mass is 9.85. The van der Waals surface area contributed by atoms with Gasteiger partial charge < -0.3 is 0 Å². The van der Waals surface area contributed by atoms with Crippen LogP contribution in [0.25, 0.3) is 0 Å². The van der Waals surface area contributed by atoms with Gasteiger partial charge in [-0.15, -0.1) is 0 Å². The maximum absolute atomic E-state index is 11.9. The molecule has 0 aromatic carbocycles. The van der Waals surface area contributed by atoms with Crippen LogP contribution < -0.4 is 5.69 Å². The Bertz CT molecular complexity index is 769. The molecule has 4 rings (SSSR count). The second kappa shape index (κ2) is 7.78. The van der Waals surface area contributed by atoms with E-state index in [1.165, 1.54) is 43.4 Å². The fourth-order valence-corrected chi connectivity index (χ4v) is 4.79. The topological polar surface area (TPSA) is 82.6 Å². The van der Waals surface area contributed by atoms with Gasteiger partial charge in [0.1, 0.15) is 5.82 Å². The average Bonchev–Trinajstić information content (AvgIpc) is 3.29. The molecule has 7 nitrogen and oxygen atoms in total. The monoisotopic (exact) mass is 358 g/mol. The highest BCUT2D eigenvalue weighted by Crippen LogP contribution is 2.34. The Kier molecular flexibility index (Phi) is 5.24. The summed E-state index contributed by atoms with van der Waals surface area (Å²) in [5.74, 6) is 1.90. The van der Waals surface area contributed by atoms with Crippen molar-refractivity contribution in [3.05, 3.63) is 33.8 Å². The van der Waals surface area contributed by atoms with Gasteiger partial charge in [-0.05, 0) is 39.2 Å². The van der Waals surface area contributed by atoms with Gasteiger partial charge in [-0.1, -0.05) is 19.3 Å². The minimum atomic E-state index is -0.0888. The first-order chi connectivity index (χ1) is 12.8. The van der Waals surface area contributed by atoms with E-state index in [2.05, 4.69) is 25.3 Å². The van der Waals surface area contributed by atoms with Gasteiger partial charge in [0.25, 0.3) is 0 Å². The lowest BCUT2D eigenvalue weighted by Gasteiger charge is -2.32. The summed E-state index contributed by atoms with van der Waals surface area (Å²) < 4.78 is 1.78. The zero-order chi connectivity index (χ0) is 17.9. The average molecular weight is 358 g/mol. The third-order valence-corrected chi connectivity index (χ3v) is 6.13. The second-order valence-electron chi connectivity index (χ2n) is 7.85. The van der Waals surface area contributed by atoms with Crippen LogP contribution in [-0.4, -0.2) is 43.0 Å². The number of likely N-dealkylation sites (tertiary alicyclic amines) is 1. The molecule has 7 heteroatoms. The van der Waals surface area contributed by atoms with Crippen molar-refractivity contribution in [1.29, 1.82) is 0 Å². The van der Waals surface area contributed by atoms with E-state index in [-0.39, 0.29) is 5.69 Å². The Morgan fingerprint density at radius 2 is 1.92 bits per heavy atom. The highest BCUT2D eigenvalue weighted by atomic mass is 16.1. The summed E-state index contributed by atoms with van der Waals surface area (Å²) in [6, 6.07) is 0. The molecule has 2 fully saturated rings. The van der Waals surface area contributed by atoms with Crippen LogP contribution in [0, 0.1) is 0 Å². The van der Waals surface area contributed by atoms with Crippen LogP contribution in [0.1, 0.15) is 80.8 Å². The van der Waals surface area contributed by atoms with Crippen molar-refractivity contribution in [2.45, 2.75) is 76.8 Å². The normalized spacial score (nSPS) is 22.7. The molecule has 2 aliphatic rings. The molecule has 1 atom stereocenters. The highest BCUT2D eigenvalue weighted by Gasteiger charge is 2.27. The van der Waals surface area contributed by atoms with E-state index in [1.54, 1.807) is 4.57 Å². The summed E-state index contributed by atoms with van der Waals surface area (Å²) in [5, 5.41) is 14.6. The lowest BCUT2D eigenvalue weighted by Crippen LogP contribution is -2.35. The Balaban J connectivity index is 1.46. The third kappa shape index (κ3) is 3.49. The number of aromatic amines is 2. The predicted octanol–water partition coefficient (Wildman–Crippen LogP) is 2.74. The molecule has 3 heterocycles. The summed E-state index contributed by atoms with van der Waals surface area (Å²) in [4.78, 5) is 14.4. The molecule has 142 valence electrons. The summed E-state index contributed by atoms with van der Waals surface area (Å²) in [6.45, 7) is 5.68. The Morgan fingerprint density at radius 1 is 1.12 bits per heavy atom. The molecule has 0 amide bonds. The molecule has 2 aromatic rings. The van der Waals surface area contributed by atoms with Crippen molar-refractivity contribution in [2.24, 2.45) is 0 Å². The smallest absolute Gasteiger partial charge is 0.298 e. The van der Waals surface area contributed by atoms with E-state index in [4.69, 9.17) is 0 Å². The molecule has 1 aliphatic carbocycles. The van der Waals surface area contributed by atoms with E-state index in [9.17, 15) is 4.79 Å². The number of hydrogen-bond donors (Lipinski definition) is 2. The van der Waals surface area contributed by atoms with Gasteiger partial charge in [0.05, 0.1) is 6.20 Å². The first-order valence-corrected chi connectivity index (χ1v) is 10.2. The number of rotatable bonds is 5. The zero-order valence-electron chi connectivity index (χ0n) is 15.7. The van der Waals surface area contributed by atoms with Crippen molar-refractivity contribution in [3.63, 3.8) is 0 Å². The molecule has 2 aromatic heterocycles. The van der Waals surface area contributed by atoms with Gasteiger partial charge in [0, 0.05) is 42.7 Å². The van der Waals surface area contributed by atoms with E-state index >= 15 is 0 Å². The summed E-state index contributed by atoms with van der Waals surface area (Å²) in [6.07, 6.45) is 10.9. The van der Waals surface area contributed by atoms with Crippen LogP contribution in [0.2, 0.25) is 0 Å². The van der Waals surface area contributed by atoms with Crippen LogP contribution in [0.3, 0.4) is 0 Å². The van der Waals surface area contributed by atoms with Gasteiger partial charge in [-0.3, -0.25) is 14.6 Å². The fraction of sp³-hybridized carbons (Fsp3) is 0.737. The zero-order valence-corrected chi connectivity index (χ0v) is 15.7. The summed E-state index contributed by atoms with van der Waals surface area (Å²) in [7, 11) is 0. The molecule has 0 bridgehead atoms. The van der Waals surface area contributed by atoms with Crippen molar-refractivity contribution >= 4 is 0 Å². The van der Waals surface area contributed by atoms with E-state index in [0.29, 0.717) is 18.4 Å². The van der Waals surface area contributed by atoms with E-state index < -0.39 is 0 Å². The Morgan fingerprint density at radius 3 is 2.73 bits per heavy atom. The third-order valence-electron chi connectivity index (χ3n) is 6.13. The van der Waals surface area contributed by atoms with Crippen molar-refractivity contribution in [1.82, 2.24) is 29.9 Å². The molecule has 26 heavy (non-hydrogen) atoms. The highest BCUT2D eigenvalue weighted by molar-refractivity contribution is 5.21. The Hall–Kier alpha value is -1.89. The quantitative estimate of drug-likeness (QED) is 0.861. The standard InChI is InChI=1S/C19H30N6O/c1-2-25-18(22-23-19(25)26)15-9-6-10-24(12-15)13-16-11-20-21-17(16)14-7-4-3-5-8-14/h11,14-15H,2-10,12-13H2,1H3,(H,20,21)(H,23,26)/t15-/m1/s1. The van der Waals surface area contributed by atoms with Crippen LogP contribution >= 0.6 is 0 Å². The summed E-state index contributed by atoms with van der Waals surface area (Å²) in [5.41, 5.74) is 2.62. The lowest BCUT2D eigenvalue weighted by molar-refractivity contribution is 0.193. The van der Waals surface area contributed by atoms with E-state index in [0.717, 1.165) is 38.3 Å². The molecule has 1 saturated carbocycles. The molecule has 1 saturated heterocycles. The summed E-state index contributed by atoms with van der Waals surface area (Å²) >= 11 is 0. The van der Waals surface area contributed by atoms with Crippen LogP contribution in [0.4, 0.5) is 0 Å². The SMILES string of the molecule is CCn1c([C@@H]2CCCN(Cc3cn[nH]c3C3CCCCC3)C2)n[nH]c1=O. The molecule has 2 N–H and O–H groups in total. The maximum Gasteiger partial charge on any atom is 0.343 e. The largest absolute Gasteiger partial charge is 0.343 e. The molecular weight excluding hydrogens is 328 g/mol. The van der Waals surface area contributed by atoms with Gasteiger partial charge in [-0.2, -0.15) is 10.2 Å². The second-order valence-corrected chi connectivity index (χ2v) is 7.85. The number of nitrogens with zero attached hydrogens (tertiary/aromatic N) is 4. The van der Waals surface area contributed by atoms with Crippen LogP contribution in [0.15, 0.2) is 11.0 Å². The molecule has 0 radical (unpaired) electrons. The molecule has 1 aliphatic heterocycles. The first-order valence-electron chi connectivity index (χ1n) is 10.2. The number of aromatic nitrogens is 5. The van der Waals surface area contributed by atoms with Crippen molar-refractivity contribution < 1.29 is 0 Å². The minimum Gasteiger partial charge on any atom is -0.298 e. The molecule has 0 unspecified atom stereocenters. The van der Waals surface area contributed by atoms with Gasteiger partial charge in [0.2, 0.25) is 0 Å². The van der Waals surface area contributed by atoms with E-state index in [1.807, 2.05) is 13.1 Å². The Labute approximate surface area is 154 Å². The van der Waals surface area contributed by atoms with Gasteiger partial charge in [-0.25, -0.2) is 9.89 Å².